The lowest BCUT2D eigenvalue weighted by Crippen LogP contribution is -2.57. The van der Waals surface area contributed by atoms with E-state index in [-0.39, 0.29) is 75.5 Å². The molecule has 234 valence electrons. The maximum atomic E-state index is 13.3. The minimum absolute atomic E-state index is 0.0308. The number of aliphatic carboxylic acids is 1. The Balaban J connectivity index is 5.77. The number of nitrogens with zero attached hydrogens (tertiary/aromatic N) is 3. The number of rotatable bonds is 20. The third-order valence-corrected chi connectivity index (χ3v) is 5.74. The zero-order valence-corrected chi connectivity index (χ0v) is 23.7. The minimum Gasteiger partial charge on any atom is -0.480 e. The van der Waals surface area contributed by atoms with E-state index in [1.807, 2.05) is 0 Å². The number of hydrogen-bond acceptors (Lipinski definition) is 8. The smallest absolute Gasteiger partial charge is 0.326 e. The Bertz CT molecular complexity index is 942. The van der Waals surface area contributed by atoms with Gasteiger partial charge in [0.05, 0.1) is 6.04 Å². The van der Waals surface area contributed by atoms with E-state index < -0.39 is 47.9 Å². The first-order valence-electron chi connectivity index (χ1n) is 13.2. The molecule has 4 unspecified atom stereocenters. The topological polar surface area (TPSA) is 344 Å². The molecule has 0 heterocycles. The van der Waals surface area contributed by atoms with Crippen LogP contribution < -0.4 is 56.1 Å². The maximum Gasteiger partial charge on any atom is 0.326 e. The average molecular weight is 586 g/mol. The molecule has 0 saturated heterocycles. The van der Waals surface area contributed by atoms with Crippen LogP contribution in [0.1, 0.15) is 52.4 Å². The molecule has 0 aromatic carbocycles. The van der Waals surface area contributed by atoms with Gasteiger partial charge in [0, 0.05) is 19.6 Å². The van der Waals surface area contributed by atoms with Gasteiger partial charge in [-0.15, -0.1) is 0 Å². The third-order valence-electron chi connectivity index (χ3n) is 5.74. The van der Waals surface area contributed by atoms with Crippen LogP contribution in [0.2, 0.25) is 0 Å². The lowest BCUT2D eigenvalue weighted by atomic mass is 10.0. The van der Waals surface area contributed by atoms with Crippen LogP contribution >= 0.6 is 0 Å². The normalized spacial score (nSPS) is 13.6. The molecule has 3 amide bonds. The lowest BCUT2D eigenvalue weighted by Gasteiger charge is -2.25. The van der Waals surface area contributed by atoms with Gasteiger partial charge in [-0.2, -0.15) is 0 Å². The van der Waals surface area contributed by atoms with Crippen molar-refractivity contribution in [2.24, 2.45) is 61.0 Å². The molecule has 18 N–H and O–H groups in total. The van der Waals surface area contributed by atoms with E-state index in [0.29, 0.717) is 6.42 Å². The van der Waals surface area contributed by atoms with Crippen LogP contribution in [0.15, 0.2) is 15.0 Å². The minimum atomic E-state index is -1.28. The molecular weight excluding hydrogens is 538 g/mol. The zero-order valence-electron chi connectivity index (χ0n) is 23.7. The van der Waals surface area contributed by atoms with E-state index in [2.05, 4.69) is 30.9 Å². The van der Waals surface area contributed by atoms with Crippen molar-refractivity contribution in [1.29, 1.82) is 0 Å². The number of carbonyl (C=O) groups is 4. The van der Waals surface area contributed by atoms with Gasteiger partial charge >= 0.3 is 5.97 Å². The lowest BCUT2D eigenvalue weighted by molar-refractivity contribution is -0.142. The van der Waals surface area contributed by atoms with Crippen molar-refractivity contribution in [1.82, 2.24) is 16.0 Å². The fourth-order valence-corrected chi connectivity index (χ4v) is 3.42. The highest BCUT2D eigenvalue weighted by molar-refractivity contribution is 5.94. The molecule has 0 aliphatic rings. The molecule has 0 spiro atoms. The summed E-state index contributed by atoms with van der Waals surface area (Å²) in [6.45, 7) is 4.03. The number of hydrogen-bond donors (Lipinski definition) is 11. The molecule has 0 aromatic heterocycles. The molecule has 4 atom stereocenters. The van der Waals surface area contributed by atoms with Gasteiger partial charge in [-0.25, -0.2) is 4.79 Å². The van der Waals surface area contributed by atoms with Crippen LogP contribution in [0.25, 0.3) is 0 Å². The first-order chi connectivity index (χ1) is 19.1. The molecular formula is C23H47N13O5. The van der Waals surface area contributed by atoms with Gasteiger partial charge in [0.25, 0.3) is 0 Å². The van der Waals surface area contributed by atoms with E-state index in [0.717, 1.165) is 0 Å². The summed E-state index contributed by atoms with van der Waals surface area (Å²) in [4.78, 5) is 62.4. The molecule has 0 rings (SSSR count). The first kappa shape index (κ1) is 36.6. The molecule has 0 radical (unpaired) electrons. The van der Waals surface area contributed by atoms with Gasteiger partial charge in [0.2, 0.25) is 17.7 Å². The molecule has 0 fully saturated rings. The monoisotopic (exact) mass is 585 g/mol. The summed E-state index contributed by atoms with van der Waals surface area (Å²) >= 11 is 0. The van der Waals surface area contributed by atoms with Crippen LogP contribution in [0.4, 0.5) is 0 Å². The highest BCUT2D eigenvalue weighted by Crippen LogP contribution is 2.07. The number of carbonyl (C=O) groups excluding carboxylic acids is 3. The van der Waals surface area contributed by atoms with E-state index in [1.165, 1.54) is 0 Å². The van der Waals surface area contributed by atoms with Crippen molar-refractivity contribution in [3.63, 3.8) is 0 Å². The summed E-state index contributed by atoms with van der Waals surface area (Å²) in [5.74, 6) is -3.87. The van der Waals surface area contributed by atoms with E-state index in [4.69, 9.17) is 40.1 Å². The number of amides is 3. The van der Waals surface area contributed by atoms with Crippen molar-refractivity contribution in [3.8, 4) is 0 Å². The van der Waals surface area contributed by atoms with Gasteiger partial charge < -0.3 is 61.2 Å². The van der Waals surface area contributed by atoms with Crippen LogP contribution in [0.3, 0.4) is 0 Å². The summed E-state index contributed by atoms with van der Waals surface area (Å²) in [5, 5.41) is 17.2. The second kappa shape index (κ2) is 19.7. The first-order valence-corrected chi connectivity index (χ1v) is 13.2. The standard InChI is InChI=1S/C23H47N13O5/c1-12(2)16(24)19(39)35-14(7-4-10-32-22(27)28)17(37)34-13(6-3-9-31-21(25)26)18(38)36-15(20(40)41)8-5-11-33-23(29)30/h12-16H,3-11,24H2,1-2H3,(H,34,37)(H,35,39)(H,36,38)(H,40,41)(H4,25,26,31)(H4,27,28,32)(H4,29,30,33). The highest BCUT2D eigenvalue weighted by Gasteiger charge is 2.30. The summed E-state index contributed by atoms with van der Waals surface area (Å²) in [6.07, 6.45) is 1.10. The second-order valence-corrected chi connectivity index (χ2v) is 9.64. The number of guanidine groups is 3. The number of aliphatic imine (C=N–C) groups is 3. The largest absolute Gasteiger partial charge is 0.480 e. The van der Waals surface area contributed by atoms with Crippen molar-refractivity contribution in [2.75, 3.05) is 19.6 Å². The Kier molecular flexibility index (Phi) is 17.6. The fourth-order valence-electron chi connectivity index (χ4n) is 3.42. The van der Waals surface area contributed by atoms with E-state index in [1.54, 1.807) is 13.8 Å². The van der Waals surface area contributed by atoms with Crippen molar-refractivity contribution in [2.45, 2.75) is 76.5 Å². The SMILES string of the molecule is CC(C)C(N)C(=O)NC(CCCN=C(N)N)C(=O)NC(CCCN=C(N)N)C(=O)NC(CCCN=C(N)N)C(=O)O. The van der Waals surface area contributed by atoms with E-state index >= 15 is 0 Å². The summed E-state index contributed by atoms with van der Waals surface area (Å²) in [7, 11) is 0. The van der Waals surface area contributed by atoms with Crippen molar-refractivity contribution < 1.29 is 24.3 Å². The van der Waals surface area contributed by atoms with Crippen molar-refractivity contribution >= 4 is 41.6 Å². The Morgan fingerprint density at radius 2 is 0.927 bits per heavy atom. The molecule has 18 heteroatoms. The summed E-state index contributed by atoms with van der Waals surface area (Å²) in [6, 6.07) is -4.40. The maximum absolute atomic E-state index is 13.3. The second-order valence-electron chi connectivity index (χ2n) is 9.64. The molecule has 0 aromatic rings. The Hall–Kier alpha value is -4.35. The molecule has 0 bridgehead atoms. The summed E-state index contributed by atoms with van der Waals surface area (Å²) < 4.78 is 0. The van der Waals surface area contributed by atoms with Gasteiger partial charge in [-0.05, 0) is 44.4 Å². The quantitative estimate of drug-likeness (QED) is 0.0367. The average Bonchev–Trinajstić information content (AvgIpc) is 2.87. The predicted octanol–water partition coefficient (Wildman–Crippen LogP) is -4.33. The Morgan fingerprint density at radius 3 is 1.24 bits per heavy atom. The molecule has 0 aliphatic carbocycles. The number of carboxylic acid groups (broad SMARTS) is 1. The number of carboxylic acids is 1. The molecule has 0 aliphatic heterocycles. The fraction of sp³-hybridized carbons (Fsp3) is 0.696. The molecule has 0 saturated carbocycles. The van der Waals surface area contributed by atoms with Crippen LogP contribution in [-0.2, 0) is 19.2 Å². The number of nitrogens with one attached hydrogen (secondary N) is 3. The molecule has 41 heavy (non-hydrogen) atoms. The van der Waals surface area contributed by atoms with Gasteiger partial charge in [0.1, 0.15) is 18.1 Å². The van der Waals surface area contributed by atoms with E-state index in [9.17, 15) is 24.3 Å². The highest BCUT2D eigenvalue weighted by atomic mass is 16.4. The van der Waals surface area contributed by atoms with Crippen molar-refractivity contribution in [3.05, 3.63) is 0 Å². The van der Waals surface area contributed by atoms with Crippen LogP contribution in [0.5, 0.6) is 0 Å². The third kappa shape index (κ3) is 17.1. The van der Waals surface area contributed by atoms with Gasteiger partial charge in [0.15, 0.2) is 17.9 Å². The molecule has 18 nitrogen and oxygen atoms in total. The van der Waals surface area contributed by atoms with Crippen LogP contribution in [-0.4, -0.2) is 90.5 Å². The predicted molar refractivity (Wildman–Crippen MR) is 156 cm³/mol. The Morgan fingerprint density at radius 1 is 0.610 bits per heavy atom. The zero-order chi connectivity index (χ0) is 31.5. The Labute approximate surface area is 239 Å². The van der Waals surface area contributed by atoms with Gasteiger partial charge in [-0.1, -0.05) is 13.8 Å². The number of nitrogens with two attached hydrogens (primary N) is 7. The van der Waals surface area contributed by atoms with Crippen LogP contribution in [0, 0.1) is 5.92 Å². The van der Waals surface area contributed by atoms with Gasteiger partial charge in [-0.3, -0.25) is 29.4 Å². The summed E-state index contributed by atoms with van der Waals surface area (Å²) in [5.41, 5.74) is 37.9.